The third-order valence-corrected chi connectivity index (χ3v) is 12.9. The fourth-order valence-electron chi connectivity index (χ4n) is 8.50. The van der Waals surface area contributed by atoms with E-state index in [4.69, 9.17) is 15.0 Å². The molecule has 0 fully saturated rings. The average molecular weight is 783 g/mol. The number of hydrogen-bond donors (Lipinski definition) is 0. The Morgan fingerprint density at radius 1 is 0.492 bits per heavy atom. The number of fused-ring (bicyclic) bond motifs is 6. The lowest BCUT2D eigenvalue weighted by molar-refractivity contribution is 0.568. The van der Waals surface area contributed by atoms with Crippen LogP contribution in [0.4, 0.5) is 0 Å². The van der Waals surface area contributed by atoms with Crippen LogP contribution in [0.25, 0.3) is 92.7 Å². The first kappa shape index (κ1) is 36.9. The Morgan fingerprint density at radius 2 is 1.08 bits per heavy atom. The van der Waals surface area contributed by atoms with Crippen LogP contribution in [0.5, 0.6) is 0 Å². The maximum Gasteiger partial charge on any atom is 0.160 e. The van der Waals surface area contributed by atoms with Gasteiger partial charge in [-0.05, 0) is 82.5 Å². The van der Waals surface area contributed by atoms with Crippen molar-refractivity contribution in [1.29, 1.82) is 0 Å². The molecule has 4 aromatic heterocycles. The number of pyridine rings is 1. The lowest BCUT2D eigenvalue weighted by Crippen LogP contribution is -2.17. The summed E-state index contributed by atoms with van der Waals surface area (Å²) in [5.74, 6) is 0.703. The smallest absolute Gasteiger partial charge is 0.160 e. The Balaban J connectivity index is 1.16. The molecule has 0 N–H and O–H groups in total. The molecule has 0 radical (unpaired) electrons. The van der Waals surface area contributed by atoms with Gasteiger partial charge in [-0.25, -0.2) is 9.97 Å². The molecule has 0 atom stereocenters. The van der Waals surface area contributed by atoms with Crippen LogP contribution in [0.2, 0.25) is 0 Å². The molecule has 5 heteroatoms. The minimum Gasteiger partial charge on any atom is -0.309 e. The first-order chi connectivity index (χ1) is 28.4. The minimum atomic E-state index is 0.0167. The molecule has 0 aliphatic carbocycles. The molecule has 0 aliphatic rings. The van der Waals surface area contributed by atoms with Gasteiger partial charge in [-0.3, -0.25) is 4.98 Å². The highest BCUT2D eigenvalue weighted by Gasteiger charge is 2.24. The summed E-state index contributed by atoms with van der Waals surface area (Å²) in [6.45, 7) is 16.0. The van der Waals surface area contributed by atoms with Crippen molar-refractivity contribution in [3.63, 3.8) is 0 Å². The van der Waals surface area contributed by atoms with E-state index in [0.717, 1.165) is 38.3 Å². The first-order valence-electron chi connectivity index (χ1n) is 20.4. The molecule has 0 aliphatic heterocycles. The molecule has 10 rings (SSSR count). The molecule has 4 heterocycles. The molecule has 288 valence electrons. The van der Waals surface area contributed by atoms with Gasteiger partial charge in [-0.1, -0.05) is 139 Å². The summed E-state index contributed by atoms with van der Waals surface area (Å²) in [6, 6.07) is 50.6. The third-order valence-electron chi connectivity index (χ3n) is 11.8. The van der Waals surface area contributed by atoms with Crippen LogP contribution in [0, 0.1) is 6.92 Å². The van der Waals surface area contributed by atoms with Crippen molar-refractivity contribution in [2.75, 3.05) is 0 Å². The van der Waals surface area contributed by atoms with Gasteiger partial charge in [0.15, 0.2) is 5.82 Å². The first-order valence-corrected chi connectivity index (χ1v) is 21.2. The van der Waals surface area contributed by atoms with Gasteiger partial charge in [0.05, 0.1) is 27.1 Å². The maximum atomic E-state index is 5.30. The predicted octanol–water partition coefficient (Wildman–Crippen LogP) is 14.9. The van der Waals surface area contributed by atoms with Gasteiger partial charge < -0.3 is 4.57 Å². The lowest BCUT2D eigenvalue weighted by atomic mass is 9.80. The highest BCUT2D eigenvalue weighted by Crippen LogP contribution is 2.44. The van der Waals surface area contributed by atoms with Gasteiger partial charge in [0, 0.05) is 66.6 Å². The standard InChI is InChI=1S/C54H46N4S/c1-33-50(34-16-10-8-11-17-34)56-52(35-18-12-9-13-19-35)57-51(33)44-31-55-32-48-49(44)43-27-37(23-25-47(43)59-48)36-22-24-46-42(26-36)41-20-14-15-21-45(41)58(46)40-29-38(53(2,3)4)28-39(30-40)54(5,6)7/h8-32H,1-7H3. The fourth-order valence-corrected chi connectivity index (χ4v) is 9.58. The number of hydrogen-bond acceptors (Lipinski definition) is 4. The highest BCUT2D eigenvalue weighted by molar-refractivity contribution is 7.25. The predicted molar refractivity (Wildman–Crippen MR) is 251 cm³/mol. The molecule has 59 heavy (non-hydrogen) atoms. The zero-order valence-corrected chi connectivity index (χ0v) is 35.4. The van der Waals surface area contributed by atoms with E-state index < -0.39 is 0 Å². The molecule has 0 saturated heterocycles. The highest BCUT2D eigenvalue weighted by atomic mass is 32.1. The Bertz CT molecular complexity index is 3200. The Kier molecular flexibility index (Phi) is 8.66. The van der Waals surface area contributed by atoms with Crippen molar-refractivity contribution in [2.24, 2.45) is 0 Å². The number of thiophene rings is 1. The molecular weight excluding hydrogens is 737 g/mol. The van der Waals surface area contributed by atoms with Crippen LogP contribution in [0.15, 0.2) is 152 Å². The minimum absolute atomic E-state index is 0.0167. The lowest BCUT2D eigenvalue weighted by Gasteiger charge is -2.26. The number of aromatic nitrogens is 4. The Labute approximate surface area is 349 Å². The van der Waals surface area contributed by atoms with Crippen molar-refractivity contribution >= 4 is 53.3 Å². The van der Waals surface area contributed by atoms with Crippen LogP contribution in [0.1, 0.15) is 58.2 Å². The Hall–Kier alpha value is -6.43. The number of rotatable bonds is 5. The van der Waals surface area contributed by atoms with Crippen molar-refractivity contribution in [3.8, 4) is 50.7 Å². The molecule has 0 saturated carbocycles. The number of nitrogens with zero attached hydrogens (tertiary/aromatic N) is 4. The summed E-state index contributed by atoms with van der Waals surface area (Å²) in [5.41, 5.74) is 14.7. The summed E-state index contributed by atoms with van der Waals surface area (Å²) in [5, 5.41) is 4.88. The van der Waals surface area contributed by atoms with Gasteiger partial charge in [-0.15, -0.1) is 11.3 Å². The SMILES string of the molecule is Cc1c(-c2ccccc2)nc(-c2ccccc2)nc1-c1cncc2sc3ccc(-c4ccc5c(c4)c4ccccc4n5-c4cc(C(C)(C)C)cc(C(C)(C)C)c4)cc3c12. The van der Waals surface area contributed by atoms with Crippen LogP contribution >= 0.6 is 11.3 Å². The second kappa shape index (κ2) is 13.9. The largest absolute Gasteiger partial charge is 0.309 e. The van der Waals surface area contributed by atoms with Gasteiger partial charge in [0.2, 0.25) is 0 Å². The maximum absolute atomic E-state index is 5.30. The Morgan fingerprint density at radius 3 is 1.78 bits per heavy atom. The number of benzene rings is 6. The molecule has 6 aromatic carbocycles. The van der Waals surface area contributed by atoms with Crippen LogP contribution in [-0.2, 0) is 10.8 Å². The van der Waals surface area contributed by atoms with Crippen molar-refractivity contribution in [1.82, 2.24) is 19.5 Å². The van der Waals surface area contributed by atoms with Gasteiger partial charge >= 0.3 is 0 Å². The van der Waals surface area contributed by atoms with Gasteiger partial charge in [0.25, 0.3) is 0 Å². The second-order valence-electron chi connectivity index (χ2n) is 17.8. The van der Waals surface area contributed by atoms with E-state index in [1.165, 1.54) is 65.2 Å². The molecule has 10 aromatic rings. The fraction of sp³-hybridized carbons (Fsp3) is 0.167. The molecule has 0 bridgehead atoms. The normalized spacial score (nSPS) is 12.3. The molecule has 0 amide bonds. The van der Waals surface area contributed by atoms with E-state index in [-0.39, 0.29) is 10.8 Å². The summed E-state index contributed by atoms with van der Waals surface area (Å²) in [4.78, 5) is 15.2. The van der Waals surface area contributed by atoms with E-state index in [1.54, 1.807) is 11.3 Å². The van der Waals surface area contributed by atoms with Gasteiger partial charge in [-0.2, -0.15) is 0 Å². The monoisotopic (exact) mass is 782 g/mol. The van der Waals surface area contributed by atoms with E-state index in [2.05, 4.69) is 168 Å². The van der Waals surface area contributed by atoms with Crippen LogP contribution in [0.3, 0.4) is 0 Å². The molecule has 0 spiro atoms. The van der Waals surface area contributed by atoms with Crippen molar-refractivity contribution in [3.05, 3.63) is 169 Å². The van der Waals surface area contributed by atoms with Crippen molar-refractivity contribution < 1.29 is 0 Å². The summed E-state index contributed by atoms with van der Waals surface area (Å²) in [7, 11) is 0. The van der Waals surface area contributed by atoms with Gasteiger partial charge in [0.1, 0.15) is 0 Å². The summed E-state index contributed by atoms with van der Waals surface area (Å²) >= 11 is 1.78. The topological polar surface area (TPSA) is 43.6 Å². The van der Waals surface area contributed by atoms with E-state index in [9.17, 15) is 0 Å². The summed E-state index contributed by atoms with van der Waals surface area (Å²) in [6.07, 6.45) is 3.98. The number of para-hydroxylation sites is 1. The van der Waals surface area contributed by atoms with E-state index >= 15 is 0 Å². The second-order valence-corrected chi connectivity index (χ2v) is 18.9. The van der Waals surface area contributed by atoms with Crippen LogP contribution < -0.4 is 0 Å². The zero-order chi connectivity index (χ0) is 40.6. The van der Waals surface area contributed by atoms with Crippen LogP contribution in [-0.4, -0.2) is 19.5 Å². The zero-order valence-electron chi connectivity index (χ0n) is 34.6. The molecule has 0 unspecified atom stereocenters. The molecular formula is C54H46N4S. The third kappa shape index (κ3) is 6.41. The van der Waals surface area contributed by atoms with Crippen molar-refractivity contribution in [2.45, 2.75) is 59.3 Å². The molecule has 4 nitrogen and oxygen atoms in total. The average Bonchev–Trinajstić information content (AvgIpc) is 3.79. The quantitative estimate of drug-likeness (QED) is 0.175. The summed E-state index contributed by atoms with van der Waals surface area (Å²) < 4.78 is 4.83. The van der Waals surface area contributed by atoms with E-state index in [0.29, 0.717) is 5.82 Å². The van der Waals surface area contributed by atoms with E-state index in [1.807, 2.05) is 36.7 Å².